The van der Waals surface area contributed by atoms with Crippen molar-refractivity contribution in [2.75, 3.05) is 6.54 Å². The van der Waals surface area contributed by atoms with E-state index in [1.165, 1.54) is 6.92 Å². The number of hydrogen-bond donors (Lipinski definition) is 2. The molecule has 0 spiro atoms. The van der Waals surface area contributed by atoms with Gasteiger partial charge in [0.1, 0.15) is 5.82 Å². The van der Waals surface area contributed by atoms with Crippen LogP contribution in [0, 0.1) is 12.7 Å². The van der Waals surface area contributed by atoms with Gasteiger partial charge in [0, 0.05) is 12.1 Å². The lowest BCUT2D eigenvalue weighted by molar-refractivity contribution is 0.0696. The first-order valence-corrected chi connectivity index (χ1v) is 8.31. The maximum atomic E-state index is 13.7. The van der Waals surface area contributed by atoms with Gasteiger partial charge in [-0.25, -0.2) is 22.3 Å². The van der Waals surface area contributed by atoms with Gasteiger partial charge in [-0.1, -0.05) is 26.2 Å². The predicted molar refractivity (Wildman–Crippen MR) is 77.4 cm³/mol. The summed E-state index contributed by atoms with van der Waals surface area (Å²) < 4.78 is 40.3. The molecule has 0 aromatic heterocycles. The minimum absolute atomic E-state index is 0.0824. The van der Waals surface area contributed by atoms with Crippen LogP contribution in [0.25, 0.3) is 0 Å². The molecule has 1 aromatic rings. The molecule has 1 rings (SSSR count). The highest BCUT2D eigenvalue weighted by molar-refractivity contribution is 7.89. The minimum Gasteiger partial charge on any atom is -0.478 e. The fourth-order valence-electron chi connectivity index (χ4n) is 1.89. The monoisotopic (exact) mass is 317 g/mol. The van der Waals surface area contributed by atoms with Gasteiger partial charge in [-0.15, -0.1) is 0 Å². The van der Waals surface area contributed by atoms with Crippen molar-refractivity contribution in [3.63, 3.8) is 0 Å². The summed E-state index contributed by atoms with van der Waals surface area (Å²) in [5, 5.41) is 8.88. The molecular formula is C14H20FNO4S. The number of rotatable bonds is 8. The number of benzene rings is 1. The average molecular weight is 317 g/mol. The average Bonchev–Trinajstić information content (AvgIpc) is 2.40. The Morgan fingerprint density at radius 1 is 1.29 bits per heavy atom. The summed E-state index contributed by atoms with van der Waals surface area (Å²) in [5.41, 5.74) is -0.467. The number of carbonyl (C=O) groups is 1. The standard InChI is InChI=1S/C14H20FNO4S/c1-3-4-5-6-7-16-21(19,20)13-9-11(14(17)18)8-12(15)10(13)2/h8-9,16H,3-7H2,1-2H3,(H,17,18). The van der Waals surface area contributed by atoms with Gasteiger partial charge in [-0.2, -0.15) is 0 Å². The fraction of sp³-hybridized carbons (Fsp3) is 0.500. The molecule has 0 fully saturated rings. The molecule has 0 saturated heterocycles. The fourth-order valence-corrected chi connectivity index (χ4v) is 3.24. The summed E-state index contributed by atoms with van der Waals surface area (Å²) in [5.74, 6) is -2.21. The Hall–Kier alpha value is -1.47. The number of unbranched alkanes of at least 4 members (excludes halogenated alkanes) is 3. The van der Waals surface area contributed by atoms with Gasteiger partial charge in [0.2, 0.25) is 10.0 Å². The maximum Gasteiger partial charge on any atom is 0.335 e. The van der Waals surface area contributed by atoms with E-state index in [2.05, 4.69) is 4.72 Å². The van der Waals surface area contributed by atoms with Crippen LogP contribution in [-0.4, -0.2) is 26.0 Å². The lowest BCUT2D eigenvalue weighted by Gasteiger charge is -2.11. The molecule has 0 radical (unpaired) electrons. The number of carboxylic acid groups (broad SMARTS) is 1. The van der Waals surface area contributed by atoms with Crippen molar-refractivity contribution in [1.29, 1.82) is 0 Å². The van der Waals surface area contributed by atoms with Gasteiger partial charge in [-0.05, 0) is 25.5 Å². The van der Waals surface area contributed by atoms with Crippen molar-refractivity contribution in [3.8, 4) is 0 Å². The van der Waals surface area contributed by atoms with Crippen LogP contribution < -0.4 is 4.72 Å². The van der Waals surface area contributed by atoms with Crippen LogP contribution in [0.4, 0.5) is 4.39 Å². The van der Waals surface area contributed by atoms with Crippen molar-refractivity contribution < 1.29 is 22.7 Å². The minimum atomic E-state index is -3.91. The molecule has 118 valence electrons. The van der Waals surface area contributed by atoms with Crippen LogP contribution in [-0.2, 0) is 10.0 Å². The van der Waals surface area contributed by atoms with Crippen LogP contribution in [0.5, 0.6) is 0 Å². The van der Waals surface area contributed by atoms with Crippen LogP contribution in [0.2, 0.25) is 0 Å². The Balaban J connectivity index is 2.94. The lowest BCUT2D eigenvalue weighted by Crippen LogP contribution is -2.26. The first kappa shape index (κ1) is 17.6. The van der Waals surface area contributed by atoms with Crippen molar-refractivity contribution in [2.24, 2.45) is 0 Å². The maximum absolute atomic E-state index is 13.7. The highest BCUT2D eigenvalue weighted by Crippen LogP contribution is 2.20. The van der Waals surface area contributed by atoms with Gasteiger partial charge in [-0.3, -0.25) is 0 Å². The number of nitrogens with one attached hydrogen (secondary N) is 1. The first-order chi connectivity index (χ1) is 9.79. The van der Waals surface area contributed by atoms with Crippen LogP contribution >= 0.6 is 0 Å². The number of hydrogen-bond acceptors (Lipinski definition) is 3. The lowest BCUT2D eigenvalue weighted by atomic mass is 10.1. The van der Waals surface area contributed by atoms with E-state index in [0.29, 0.717) is 6.42 Å². The number of aromatic carboxylic acids is 1. The smallest absolute Gasteiger partial charge is 0.335 e. The van der Waals surface area contributed by atoms with E-state index in [-0.39, 0.29) is 22.6 Å². The summed E-state index contributed by atoms with van der Waals surface area (Å²) in [6, 6.07) is 1.80. The molecule has 1 aromatic carbocycles. The summed E-state index contributed by atoms with van der Waals surface area (Å²) >= 11 is 0. The molecule has 0 aliphatic carbocycles. The molecule has 0 atom stereocenters. The summed E-state index contributed by atoms with van der Waals surface area (Å²) in [6.07, 6.45) is 3.65. The van der Waals surface area contributed by atoms with Crippen LogP contribution in [0.1, 0.15) is 48.5 Å². The van der Waals surface area contributed by atoms with Crippen molar-refractivity contribution in [2.45, 2.75) is 44.4 Å². The molecule has 0 aliphatic heterocycles. The molecule has 0 aliphatic rings. The SMILES string of the molecule is CCCCCCNS(=O)(=O)c1cc(C(=O)O)cc(F)c1C. The largest absolute Gasteiger partial charge is 0.478 e. The Kier molecular flexibility index (Phi) is 6.29. The molecule has 0 amide bonds. The summed E-state index contributed by atoms with van der Waals surface area (Å²) in [6.45, 7) is 3.61. The Morgan fingerprint density at radius 2 is 1.95 bits per heavy atom. The van der Waals surface area contributed by atoms with E-state index >= 15 is 0 Å². The zero-order valence-corrected chi connectivity index (χ0v) is 13.0. The molecule has 5 nitrogen and oxygen atoms in total. The third-order valence-corrected chi connectivity index (χ3v) is 4.74. The third-order valence-electron chi connectivity index (χ3n) is 3.16. The van der Waals surface area contributed by atoms with E-state index in [1.54, 1.807) is 0 Å². The highest BCUT2D eigenvalue weighted by Gasteiger charge is 2.21. The zero-order chi connectivity index (χ0) is 16.0. The van der Waals surface area contributed by atoms with Gasteiger partial charge < -0.3 is 5.11 Å². The van der Waals surface area contributed by atoms with E-state index in [9.17, 15) is 17.6 Å². The van der Waals surface area contributed by atoms with Gasteiger partial charge in [0.05, 0.1) is 10.5 Å². The van der Waals surface area contributed by atoms with Crippen LogP contribution in [0.3, 0.4) is 0 Å². The van der Waals surface area contributed by atoms with Crippen molar-refractivity contribution in [3.05, 3.63) is 29.1 Å². The topological polar surface area (TPSA) is 83.5 Å². The Labute approximate surface area is 124 Å². The predicted octanol–water partition coefficient (Wildman–Crippen LogP) is 2.69. The van der Waals surface area contributed by atoms with Crippen molar-refractivity contribution in [1.82, 2.24) is 4.72 Å². The number of sulfonamides is 1. The second kappa shape index (κ2) is 7.51. The highest BCUT2D eigenvalue weighted by atomic mass is 32.2. The first-order valence-electron chi connectivity index (χ1n) is 6.82. The summed E-state index contributed by atoms with van der Waals surface area (Å²) in [4.78, 5) is 10.6. The molecule has 0 bridgehead atoms. The Bertz CT molecular complexity index is 614. The van der Waals surface area contributed by atoms with E-state index < -0.39 is 21.8 Å². The van der Waals surface area contributed by atoms with E-state index in [0.717, 1.165) is 31.4 Å². The normalized spacial score (nSPS) is 11.6. The molecule has 0 unspecified atom stereocenters. The Morgan fingerprint density at radius 3 is 2.52 bits per heavy atom. The second-order valence-electron chi connectivity index (χ2n) is 4.84. The molecule has 0 heterocycles. The molecule has 0 saturated carbocycles. The molecule has 21 heavy (non-hydrogen) atoms. The van der Waals surface area contributed by atoms with Crippen molar-refractivity contribution >= 4 is 16.0 Å². The molecule has 7 heteroatoms. The zero-order valence-electron chi connectivity index (χ0n) is 12.1. The van der Waals surface area contributed by atoms with Crippen LogP contribution in [0.15, 0.2) is 17.0 Å². The molecular weight excluding hydrogens is 297 g/mol. The van der Waals surface area contributed by atoms with E-state index in [1.807, 2.05) is 6.92 Å². The van der Waals surface area contributed by atoms with Gasteiger partial charge in [0.25, 0.3) is 0 Å². The van der Waals surface area contributed by atoms with Gasteiger partial charge >= 0.3 is 5.97 Å². The van der Waals surface area contributed by atoms with E-state index in [4.69, 9.17) is 5.11 Å². The second-order valence-corrected chi connectivity index (χ2v) is 6.58. The summed E-state index contributed by atoms with van der Waals surface area (Å²) in [7, 11) is -3.91. The quantitative estimate of drug-likeness (QED) is 0.722. The molecule has 2 N–H and O–H groups in total. The number of halogens is 1. The third kappa shape index (κ3) is 4.78. The number of carboxylic acids is 1. The van der Waals surface area contributed by atoms with Gasteiger partial charge in [0.15, 0.2) is 0 Å².